The molecule has 0 radical (unpaired) electrons. The molecule has 3 aromatic rings. The Balaban J connectivity index is 1.28. The van der Waals surface area contributed by atoms with Gasteiger partial charge in [0.25, 0.3) is 0 Å². The van der Waals surface area contributed by atoms with Crippen molar-refractivity contribution in [3.8, 4) is 5.75 Å². The molecule has 0 saturated carbocycles. The molecule has 2 aliphatic rings. The molecule has 4 N–H and O–H groups in total. The zero-order valence-corrected chi connectivity index (χ0v) is 21.7. The molecule has 11 nitrogen and oxygen atoms in total. The SMILES string of the molecule is CNS(=O)(=O)c1cccc(N[C@H]2COC3(CCN(S(=O)(=O)c4c[nH]c5ccccc5c4=O)CC3)C2)c1O. The van der Waals surface area contributed by atoms with E-state index in [4.69, 9.17) is 4.74 Å². The van der Waals surface area contributed by atoms with Gasteiger partial charge in [0.15, 0.2) is 5.75 Å². The molecule has 3 heterocycles. The number of anilines is 1. The molecule has 0 aliphatic carbocycles. The van der Waals surface area contributed by atoms with Crippen molar-refractivity contribution >= 4 is 36.6 Å². The van der Waals surface area contributed by atoms with Crippen LogP contribution in [0.2, 0.25) is 0 Å². The fourth-order valence-corrected chi connectivity index (χ4v) is 7.42. The highest BCUT2D eigenvalue weighted by Gasteiger charge is 2.45. The Kier molecular flexibility index (Phi) is 6.52. The number of ether oxygens (including phenoxy) is 1. The molecule has 1 aromatic heterocycles. The third-order valence-electron chi connectivity index (χ3n) is 7.13. The van der Waals surface area contributed by atoms with Crippen LogP contribution in [0.4, 0.5) is 5.69 Å². The van der Waals surface area contributed by atoms with Crippen molar-refractivity contribution in [3.63, 3.8) is 0 Å². The van der Waals surface area contributed by atoms with E-state index in [-0.39, 0.29) is 40.4 Å². The Hall–Kier alpha value is -2.97. The summed E-state index contributed by atoms with van der Waals surface area (Å²) >= 11 is 0. The topological polar surface area (TPSA) is 158 Å². The van der Waals surface area contributed by atoms with E-state index in [9.17, 15) is 26.7 Å². The van der Waals surface area contributed by atoms with E-state index in [0.29, 0.717) is 36.8 Å². The van der Waals surface area contributed by atoms with Gasteiger partial charge in [0.2, 0.25) is 25.5 Å². The van der Waals surface area contributed by atoms with Gasteiger partial charge in [-0.15, -0.1) is 0 Å². The number of aromatic hydroxyl groups is 1. The summed E-state index contributed by atoms with van der Waals surface area (Å²) in [5, 5.41) is 14.0. The van der Waals surface area contributed by atoms with Crippen LogP contribution in [0.3, 0.4) is 0 Å². The molecule has 2 fully saturated rings. The van der Waals surface area contributed by atoms with E-state index in [1.165, 1.54) is 29.7 Å². The number of hydrogen-bond donors (Lipinski definition) is 4. The first-order valence-electron chi connectivity index (χ1n) is 11.8. The third-order valence-corrected chi connectivity index (χ3v) is 10.5. The van der Waals surface area contributed by atoms with E-state index >= 15 is 0 Å². The maximum absolute atomic E-state index is 13.3. The summed E-state index contributed by atoms with van der Waals surface area (Å²) in [6.45, 7) is 0.713. The molecule has 2 aliphatic heterocycles. The monoisotopic (exact) mass is 548 g/mol. The minimum Gasteiger partial charge on any atom is -0.504 e. The van der Waals surface area contributed by atoms with Crippen molar-refractivity contribution in [2.75, 3.05) is 32.1 Å². The van der Waals surface area contributed by atoms with Crippen LogP contribution in [0.1, 0.15) is 19.3 Å². The number of rotatable bonds is 6. The summed E-state index contributed by atoms with van der Waals surface area (Å²) in [5.74, 6) is -0.376. The van der Waals surface area contributed by atoms with Gasteiger partial charge in [-0.2, -0.15) is 4.31 Å². The molecule has 13 heteroatoms. The van der Waals surface area contributed by atoms with Crippen LogP contribution < -0.4 is 15.5 Å². The number of aromatic amines is 1. The van der Waals surface area contributed by atoms with Gasteiger partial charge in [-0.25, -0.2) is 21.6 Å². The van der Waals surface area contributed by atoms with Crippen LogP contribution in [-0.4, -0.2) is 69.6 Å². The Morgan fingerprint density at radius 1 is 1.05 bits per heavy atom. The van der Waals surface area contributed by atoms with Crippen molar-refractivity contribution in [3.05, 3.63) is 58.9 Å². The van der Waals surface area contributed by atoms with Gasteiger partial charge in [0.1, 0.15) is 9.79 Å². The standard InChI is InChI=1S/C24H28N4O7S2/c1-25-36(31,32)20-8-4-7-19(23(20)30)27-16-13-24(35-15-16)9-11-28(12-10-24)37(33,34)21-14-26-18-6-3-2-5-17(18)22(21)29/h2-8,14,16,25,27,30H,9-13,15H2,1H3,(H,26,29)/t16-/m1/s1. The molecule has 0 amide bonds. The number of aromatic nitrogens is 1. The summed E-state index contributed by atoms with van der Waals surface area (Å²) in [6, 6.07) is 11.0. The lowest BCUT2D eigenvalue weighted by Gasteiger charge is -2.37. The number of piperidine rings is 1. The Labute approximate surface area is 214 Å². The van der Waals surface area contributed by atoms with Crippen LogP contribution in [0.5, 0.6) is 5.75 Å². The van der Waals surface area contributed by atoms with Gasteiger partial charge in [-0.05, 0) is 50.6 Å². The third kappa shape index (κ3) is 4.61. The highest BCUT2D eigenvalue weighted by atomic mass is 32.2. The first-order valence-corrected chi connectivity index (χ1v) is 14.8. The molecule has 37 heavy (non-hydrogen) atoms. The number of pyridine rings is 1. The van der Waals surface area contributed by atoms with Gasteiger partial charge >= 0.3 is 0 Å². The molecule has 2 saturated heterocycles. The lowest BCUT2D eigenvalue weighted by Crippen LogP contribution is -2.47. The second kappa shape index (κ2) is 9.40. The Morgan fingerprint density at radius 3 is 2.51 bits per heavy atom. The average Bonchev–Trinajstić information content (AvgIpc) is 3.27. The zero-order valence-electron chi connectivity index (χ0n) is 20.1. The van der Waals surface area contributed by atoms with E-state index in [1.807, 2.05) is 0 Å². The number of H-pyrrole nitrogens is 1. The number of benzene rings is 2. The number of fused-ring (bicyclic) bond motifs is 1. The van der Waals surface area contributed by atoms with Crippen LogP contribution in [0, 0.1) is 0 Å². The number of nitrogens with one attached hydrogen (secondary N) is 3. The molecule has 2 aromatic carbocycles. The molecule has 1 atom stereocenters. The minimum absolute atomic E-state index is 0.197. The number of phenols is 1. The van der Waals surface area contributed by atoms with Crippen LogP contribution in [0.15, 0.2) is 63.2 Å². The fraction of sp³-hybridized carbons (Fsp3) is 0.375. The van der Waals surface area contributed by atoms with Gasteiger partial charge in [0, 0.05) is 30.2 Å². The lowest BCUT2D eigenvalue weighted by atomic mass is 9.88. The number of sulfonamides is 2. The number of para-hydroxylation sites is 2. The fourth-order valence-electron chi connectivity index (χ4n) is 5.08. The maximum Gasteiger partial charge on any atom is 0.248 e. The van der Waals surface area contributed by atoms with Gasteiger partial charge < -0.3 is 20.1 Å². The largest absolute Gasteiger partial charge is 0.504 e. The summed E-state index contributed by atoms with van der Waals surface area (Å²) in [5.41, 5.74) is -0.234. The molecule has 0 bridgehead atoms. The first-order chi connectivity index (χ1) is 17.6. The second-order valence-corrected chi connectivity index (χ2v) is 13.1. The van der Waals surface area contributed by atoms with Crippen molar-refractivity contribution in [2.45, 2.75) is 40.7 Å². The highest BCUT2D eigenvalue weighted by Crippen LogP contribution is 2.39. The van der Waals surface area contributed by atoms with E-state index in [0.717, 1.165) is 0 Å². The average molecular weight is 549 g/mol. The Morgan fingerprint density at radius 2 is 1.78 bits per heavy atom. The van der Waals surface area contributed by atoms with Crippen molar-refractivity contribution in [1.29, 1.82) is 0 Å². The summed E-state index contributed by atoms with van der Waals surface area (Å²) < 4.78 is 60.5. The minimum atomic E-state index is -4.00. The second-order valence-electron chi connectivity index (χ2n) is 9.33. The number of hydrogen-bond acceptors (Lipinski definition) is 8. The first kappa shape index (κ1) is 25.7. The van der Waals surface area contributed by atoms with Crippen molar-refractivity contribution in [2.24, 2.45) is 0 Å². The predicted molar refractivity (Wildman–Crippen MR) is 138 cm³/mol. The molecule has 5 rings (SSSR count). The zero-order chi connectivity index (χ0) is 26.4. The van der Waals surface area contributed by atoms with Crippen LogP contribution >= 0.6 is 0 Å². The van der Waals surface area contributed by atoms with Crippen LogP contribution in [-0.2, 0) is 24.8 Å². The summed E-state index contributed by atoms with van der Waals surface area (Å²) in [4.78, 5) is 15.3. The smallest absolute Gasteiger partial charge is 0.248 e. The maximum atomic E-state index is 13.3. The molecule has 1 spiro atoms. The number of phenolic OH excluding ortho intramolecular Hbond substituents is 1. The van der Waals surface area contributed by atoms with Gasteiger partial charge in [-0.3, -0.25) is 4.79 Å². The van der Waals surface area contributed by atoms with Crippen LogP contribution in [0.25, 0.3) is 10.9 Å². The summed E-state index contributed by atoms with van der Waals surface area (Å²) in [6.07, 6.45) is 2.69. The highest BCUT2D eigenvalue weighted by molar-refractivity contribution is 7.89. The molecular formula is C24H28N4O7S2. The van der Waals surface area contributed by atoms with E-state index in [2.05, 4.69) is 15.0 Å². The van der Waals surface area contributed by atoms with E-state index in [1.54, 1.807) is 30.3 Å². The molecule has 0 unspecified atom stereocenters. The van der Waals surface area contributed by atoms with Gasteiger partial charge in [0.05, 0.1) is 23.9 Å². The molecule has 198 valence electrons. The van der Waals surface area contributed by atoms with Crippen molar-refractivity contribution < 1.29 is 26.7 Å². The Bertz CT molecular complexity index is 1610. The molecular weight excluding hydrogens is 520 g/mol. The van der Waals surface area contributed by atoms with Crippen molar-refractivity contribution in [1.82, 2.24) is 14.0 Å². The number of nitrogens with zero attached hydrogens (tertiary/aromatic N) is 1. The summed E-state index contributed by atoms with van der Waals surface area (Å²) in [7, 11) is -6.56. The van der Waals surface area contributed by atoms with E-state index < -0.39 is 31.1 Å². The van der Waals surface area contributed by atoms with Gasteiger partial charge in [-0.1, -0.05) is 18.2 Å². The predicted octanol–water partition coefficient (Wildman–Crippen LogP) is 1.57. The normalized spacial score (nSPS) is 20.4. The quantitative estimate of drug-likeness (QED) is 0.338. The lowest BCUT2D eigenvalue weighted by molar-refractivity contribution is -0.0310.